The maximum atomic E-state index is 11.8. The molecule has 2 rings (SSSR count). The molecule has 0 aliphatic carbocycles. The number of benzene rings is 2. The highest BCUT2D eigenvalue weighted by Gasteiger charge is 2.17. The van der Waals surface area contributed by atoms with Crippen LogP contribution in [0.4, 0.5) is 5.69 Å². The topological polar surface area (TPSA) is 88.1 Å². The number of rotatable bonds is 6. The van der Waals surface area contributed by atoms with Crippen molar-refractivity contribution in [3.05, 3.63) is 46.5 Å². The summed E-state index contributed by atoms with van der Waals surface area (Å²) in [4.78, 5) is 25.1. The number of aryl methyl sites for hydroxylation is 1. The number of carbonyl (C=O) groups is 2. The van der Waals surface area contributed by atoms with Gasteiger partial charge in [0, 0.05) is 17.8 Å². The van der Waals surface area contributed by atoms with Gasteiger partial charge >= 0.3 is 11.9 Å². The zero-order valence-electron chi connectivity index (χ0n) is 16.2. The van der Waals surface area contributed by atoms with Gasteiger partial charge in [0.05, 0.1) is 11.6 Å². The fourth-order valence-electron chi connectivity index (χ4n) is 2.52. The summed E-state index contributed by atoms with van der Waals surface area (Å²) in [5.41, 5.74) is 1.73. The molecule has 28 heavy (non-hydrogen) atoms. The van der Waals surface area contributed by atoms with E-state index in [4.69, 9.17) is 16.3 Å². The Balaban J connectivity index is 2.21. The van der Waals surface area contributed by atoms with Crippen LogP contribution in [0.3, 0.4) is 0 Å². The molecule has 1 amide bonds. The van der Waals surface area contributed by atoms with Crippen molar-refractivity contribution in [2.75, 3.05) is 26.0 Å². The Labute approximate surface area is 168 Å². The lowest BCUT2D eigenvalue weighted by molar-refractivity contribution is -0.152. The van der Waals surface area contributed by atoms with Crippen LogP contribution in [0.5, 0.6) is 17.2 Å². The zero-order valence-corrected chi connectivity index (χ0v) is 17.0. The lowest BCUT2D eigenvalue weighted by atomic mass is 10.1. The first-order valence-electron chi connectivity index (χ1n) is 8.64. The van der Waals surface area contributed by atoms with E-state index in [1.165, 1.54) is 6.07 Å². The summed E-state index contributed by atoms with van der Waals surface area (Å²) in [7, 11) is 3.80. The monoisotopic (exact) mass is 406 g/mol. The first kappa shape index (κ1) is 21.5. The summed E-state index contributed by atoms with van der Waals surface area (Å²) in [6, 6.07) is 8.06. The molecule has 0 fully saturated rings. The average Bonchev–Trinajstić information content (AvgIpc) is 2.60. The SMILES string of the molecule is CCOC(=O)C(=O)Nc1cc(C)c(Oc2ccc(O)c(CN(C)C)c2)c(Cl)c1. The second-order valence-electron chi connectivity index (χ2n) is 6.41. The fourth-order valence-corrected chi connectivity index (χ4v) is 2.83. The van der Waals surface area contributed by atoms with Gasteiger partial charge in [-0.1, -0.05) is 11.6 Å². The number of amides is 1. The minimum atomic E-state index is -0.964. The number of phenolic OH excluding ortho intramolecular Hbond substituents is 1. The van der Waals surface area contributed by atoms with Crippen molar-refractivity contribution in [2.24, 2.45) is 0 Å². The number of hydrogen-bond acceptors (Lipinski definition) is 6. The Morgan fingerprint density at radius 1 is 1.21 bits per heavy atom. The number of carbonyl (C=O) groups excluding carboxylic acids is 2. The van der Waals surface area contributed by atoms with E-state index in [-0.39, 0.29) is 17.4 Å². The summed E-state index contributed by atoms with van der Waals surface area (Å²) >= 11 is 6.31. The first-order chi connectivity index (χ1) is 13.2. The number of anilines is 1. The molecule has 0 unspecified atom stereocenters. The van der Waals surface area contributed by atoms with Crippen LogP contribution >= 0.6 is 11.6 Å². The second kappa shape index (κ2) is 9.43. The third kappa shape index (κ3) is 5.61. The Morgan fingerprint density at radius 2 is 1.93 bits per heavy atom. The van der Waals surface area contributed by atoms with Gasteiger partial charge in [-0.05, 0) is 63.8 Å². The van der Waals surface area contributed by atoms with Crippen LogP contribution in [0.1, 0.15) is 18.1 Å². The highest BCUT2D eigenvalue weighted by Crippen LogP contribution is 2.36. The highest BCUT2D eigenvalue weighted by molar-refractivity contribution is 6.37. The zero-order chi connectivity index (χ0) is 20.8. The molecular weight excluding hydrogens is 384 g/mol. The van der Waals surface area contributed by atoms with Crippen LogP contribution in [0, 0.1) is 6.92 Å². The molecule has 0 spiro atoms. The van der Waals surface area contributed by atoms with Gasteiger partial charge in [-0.15, -0.1) is 0 Å². The quantitative estimate of drug-likeness (QED) is 0.561. The van der Waals surface area contributed by atoms with Crippen molar-refractivity contribution in [2.45, 2.75) is 20.4 Å². The number of halogens is 1. The van der Waals surface area contributed by atoms with Crippen molar-refractivity contribution >= 4 is 29.2 Å². The molecular formula is C20H23ClN2O5. The van der Waals surface area contributed by atoms with Crippen LogP contribution in [-0.2, 0) is 20.9 Å². The third-order valence-corrected chi connectivity index (χ3v) is 3.99. The Morgan fingerprint density at radius 3 is 2.54 bits per heavy atom. The number of ether oxygens (including phenoxy) is 2. The molecule has 2 N–H and O–H groups in total. The van der Waals surface area contributed by atoms with Crippen molar-refractivity contribution in [1.82, 2.24) is 4.90 Å². The van der Waals surface area contributed by atoms with E-state index in [2.05, 4.69) is 10.1 Å². The molecule has 0 aliphatic rings. The summed E-state index contributed by atoms with van der Waals surface area (Å²) in [5.74, 6) is -0.729. The lowest BCUT2D eigenvalue weighted by Crippen LogP contribution is -2.25. The van der Waals surface area contributed by atoms with Gasteiger partial charge in [0.2, 0.25) is 0 Å². The van der Waals surface area contributed by atoms with Gasteiger partial charge in [0.1, 0.15) is 17.2 Å². The maximum Gasteiger partial charge on any atom is 0.397 e. The van der Waals surface area contributed by atoms with Crippen molar-refractivity contribution in [1.29, 1.82) is 0 Å². The molecule has 150 valence electrons. The van der Waals surface area contributed by atoms with E-state index < -0.39 is 11.9 Å². The summed E-state index contributed by atoms with van der Waals surface area (Å²) < 4.78 is 10.6. The van der Waals surface area contributed by atoms with E-state index in [0.29, 0.717) is 29.3 Å². The van der Waals surface area contributed by atoms with E-state index in [9.17, 15) is 14.7 Å². The van der Waals surface area contributed by atoms with Gasteiger partial charge in [-0.3, -0.25) is 4.79 Å². The lowest BCUT2D eigenvalue weighted by Gasteiger charge is -2.15. The van der Waals surface area contributed by atoms with Gasteiger partial charge < -0.3 is 24.8 Å². The Bertz CT molecular complexity index is 860. The second-order valence-corrected chi connectivity index (χ2v) is 6.82. The maximum absolute atomic E-state index is 11.8. The average molecular weight is 407 g/mol. The summed E-state index contributed by atoms with van der Waals surface area (Å²) in [6.45, 7) is 4.05. The Hall–Kier alpha value is -2.77. The van der Waals surface area contributed by atoms with Gasteiger partial charge in [0.15, 0.2) is 0 Å². The van der Waals surface area contributed by atoms with E-state index in [1.807, 2.05) is 19.0 Å². The largest absolute Gasteiger partial charge is 0.508 e. The summed E-state index contributed by atoms with van der Waals surface area (Å²) in [5, 5.41) is 12.7. The third-order valence-electron chi connectivity index (χ3n) is 3.71. The molecule has 0 heterocycles. The van der Waals surface area contributed by atoms with E-state index in [1.54, 1.807) is 38.1 Å². The molecule has 0 bridgehead atoms. The number of hydrogen-bond donors (Lipinski definition) is 2. The molecule has 8 heteroatoms. The standard InChI is InChI=1S/C20H23ClN2O5/c1-5-27-20(26)19(25)22-14-8-12(2)18(16(21)10-14)28-15-6-7-17(24)13(9-15)11-23(3)4/h6-10,24H,5,11H2,1-4H3,(H,22,25). The first-order valence-corrected chi connectivity index (χ1v) is 9.01. The molecule has 0 saturated heterocycles. The van der Waals surface area contributed by atoms with Gasteiger partial charge in [-0.25, -0.2) is 4.79 Å². The van der Waals surface area contributed by atoms with Crippen LogP contribution in [0.15, 0.2) is 30.3 Å². The van der Waals surface area contributed by atoms with Crippen LogP contribution in [0.2, 0.25) is 5.02 Å². The minimum absolute atomic E-state index is 0.112. The molecule has 0 aromatic heterocycles. The molecule has 0 atom stereocenters. The smallest absolute Gasteiger partial charge is 0.397 e. The van der Waals surface area contributed by atoms with Crippen LogP contribution in [-0.4, -0.2) is 42.6 Å². The van der Waals surface area contributed by atoms with E-state index in [0.717, 1.165) is 5.56 Å². The van der Waals surface area contributed by atoms with E-state index >= 15 is 0 Å². The van der Waals surface area contributed by atoms with Crippen molar-refractivity contribution in [3.8, 4) is 17.2 Å². The van der Waals surface area contributed by atoms with Crippen molar-refractivity contribution in [3.63, 3.8) is 0 Å². The van der Waals surface area contributed by atoms with Gasteiger partial charge in [-0.2, -0.15) is 0 Å². The molecule has 0 aliphatic heterocycles. The predicted octanol–water partition coefficient (Wildman–Crippen LogP) is 3.71. The highest BCUT2D eigenvalue weighted by atomic mass is 35.5. The molecule has 2 aromatic carbocycles. The molecule has 0 saturated carbocycles. The fraction of sp³-hybridized carbons (Fsp3) is 0.300. The minimum Gasteiger partial charge on any atom is -0.508 e. The number of esters is 1. The van der Waals surface area contributed by atoms with Gasteiger partial charge in [0.25, 0.3) is 0 Å². The van der Waals surface area contributed by atoms with Crippen LogP contribution in [0.25, 0.3) is 0 Å². The molecule has 2 aromatic rings. The number of nitrogens with one attached hydrogen (secondary N) is 1. The normalized spacial score (nSPS) is 10.6. The summed E-state index contributed by atoms with van der Waals surface area (Å²) in [6.07, 6.45) is 0. The predicted molar refractivity (Wildman–Crippen MR) is 107 cm³/mol. The Kier molecular flexibility index (Phi) is 7.25. The van der Waals surface area contributed by atoms with Crippen LogP contribution < -0.4 is 10.1 Å². The molecule has 7 nitrogen and oxygen atoms in total. The molecule has 0 radical (unpaired) electrons. The number of nitrogens with zero attached hydrogens (tertiary/aromatic N) is 1. The number of phenols is 1. The number of aromatic hydroxyl groups is 1. The van der Waals surface area contributed by atoms with Crippen molar-refractivity contribution < 1.29 is 24.2 Å².